The van der Waals surface area contributed by atoms with Gasteiger partial charge < -0.3 is 10.7 Å². The highest BCUT2D eigenvalue weighted by atomic mass is 16.1. The fourth-order valence-corrected chi connectivity index (χ4v) is 0.436. The molecule has 1 heterocycles. The van der Waals surface area contributed by atoms with Gasteiger partial charge in [0, 0.05) is 11.8 Å². The Morgan fingerprint density at radius 3 is 2.89 bits per heavy atom. The highest BCUT2D eigenvalue weighted by Gasteiger charge is 1.91. The molecular formula is C4H4BN3O. The monoisotopic (exact) mass is 121 g/mol. The van der Waals surface area contributed by atoms with Crippen molar-refractivity contribution in [2.75, 3.05) is 5.73 Å². The van der Waals surface area contributed by atoms with Crippen LogP contribution < -0.4 is 16.9 Å². The minimum Gasteiger partial charge on any atom is -0.379 e. The highest BCUT2D eigenvalue weighted by Crippen LogP contribution is 1.73. The lowest BCUT2D eigenvalue weighted by atomic mass is 10.1. The molecule has 0 bridgehead atoms. The van der Waals surface area contributed by atoms with Crippen LogP contribution in [-0.4, -0.2) is 17.8 Å². The van der Waals surface area contributed by atoms with Crippen molar-refractivity contribution in [2.24, 2.45) is 0 Å². The first-order chi connectivity index (χ1) is 4.20. The van der Waals surface area contributed by atoms with Crippen LogP contribution in [0.5, 0.6) is 0 Å². The van der Waals surface area contributed by atoms with E-state index in [9.17, 15) is 4.79 Å². The summed E-state index contributed by atoms with van der Waals surface area (Å²) < 4.78 is 0. The lowest BCUT2D eigenvalue weighted by Crippen LogP contribution is -2.21. The summed E-state index contributed by atoms with van der Waals surface area (Å²) >= 11 is 0. The molecule has 5 heteroatoms. The van der Waals surface area contributed by atoms with E-state index in [2.05, 4.69) is 9.97 Å². The number of aromatic nitrogens is 2. The second-order valence-corrected chi connectivity index (χ2v) is 1.54. The zero-order valence-corrected chi connectivity index (χ0v) is 4.59. The zero-order valence-electron chi connectivity index (χ0n) is 4.59. The number of rotatable bonds is 0. The number of aromatic amines is 1. The van der Waals surface area contributed by atoms with Crippen LogP contribution >= 0.6 is 0 Å². The van der Waals surface area contributed by atoms with Gasteiger partial charge >= 0.3 is 0 Å². The molecule has 0 amide bonds. The van der Waals surface area contributed by atoms with Gasteiger partial charge in [-0.1, -0.05) is 0 Å². The van der Waals surface area contributed by atoms with Crippen LogP contribution in [0.3, 0.4) is 0 Å². The first-order valence-electron chi connectivity index (χ1n) is 2.31. The fraction of sp³-hybridized carbons (Fsp3) is 0. The number of hydrogen-bond acceptors (Lipinski definition) is 3. The van der Waals surface area contributed by atoms with Crippen molar-refractivity contribution in [1.29, 1.82) is 0 Å². The van der Waals surface area contributed by atoms with E-state index in [0.29, 0.717) is 0 Å². The van der Waals surface area contributed by atoms with Crippen molar-refractivity contribution < 1.29 is 0 Å². The van der Waals surface area contributed by atoms with E-state index in [-0.39, 0.29) is 11.4 Å². The van der Waals surface area contributed by atoms with Gasteiger partial charge in [0.25, 0.3) is 5.56 Å². The predicted octanol–water partition coefficient (Wildman–Crippen LogP) is -1.85. The molecule has 4 nitrogen and oxygen atoms in total. The Bertz CT molecular complexity index is 269. The number of anilines is 1. The number of nitrogens with zero attached hydrogens (tertiary/aromatic N) is 1. The summed E-state index contributed by atoms with van der Waals surface area (Å²) in [4.78, 5) is 16.3. The van der Waals surface area contributed by atoms with Crippen molar-refractivity contribution in [3.8, 4) is 0 Å². The third kappa shape index (κ3) is 1.10. The third-order valence-corrected chi connectivity index (χ3v) is 0.833. The Kier molecular flexibility index (Phi) is 1.26. The molecule has 3 N–H and O–H groups in total. The van der Waals surface area contributed by atoms with Gasteiger partial charge in [-0.2, -0.15) is 0 Å². The molecule has 0 unspecified atom stereocenters. The minimum absolute atomic E-state index is 0.102. The van der Waals surface area contributed by atoms with Crippen LogP contribution in [-0.2, 0) is 0 Å². The molecule has 9 heavy (non-hydrogen) atoms. The van der Waals surface area contributed by atoms with Crippen LogP contribution in [0, 0.1) is 0 Å². The van der Waals surface area contributed by atoms with Crippen LogP contribution in [0.4, 0.5) is 5.82 Å². The summed E-state index contributed by atoms with van der Waals surface area (Å²) in [6.45, 7) is 0. The molecule has 0 saturated carbocycles. The van der Waals surface area contributed by atoms with Gasteiger partial charge in [0.05, 0.1) is 0 Å². The lowest BCUT2D eigenvalue weighted by Gasteiger charge is -1.90. The molecule has 0 fully saturated rings. The summed E-state index contributed by atoms with van der Waals surface area (Å²) in [6.07, 6.45) is 1.29. The molecular weight excluding hydrogens is 117 g/mol. The van der Waals surface area contributed by atoms with E-state index >= 15 is 0 Å². The molecule has 1 aromatic rings. The average molecular weight is 121 g/mol. The maximum atomic E-state index is 10.5. The Hall–Kier alpha value is -1.26. The molecule has 0 aliphatic heterocycles. The van der Waals surface area contributed by atoms with Crippen LogP contribution in [0.25, 0.3) is 0 Å². The Morgan fingerprint density at radius 1 is 1.78 bits per heavy atom. The molecule has 0 aliphatic rings. The standard InChI is InChI=1S/C4H4BN3O/c5-2-1-7-4(9)3(6)8-2/h1H,(H2,6,8)(H,7,9). The van der Waals surface area contributed by atoms with E-state index in [1.165, 1.54) is 6.20 Å². The largest absolute Gasteiger partial charge is 0.379 e. The number of nitrogen functional groups attached to an aromatic ring is 1. The first-order valence-corrected chi connectivity index (χ1v) is 2.31. The van der Waals surface area contributed by atoms with E-state index in [1.807, 2.05) is 0 Å². The molecule has 0 spiro atoms. The second kappa shape index (κ2) is 1.93. The highest BCUT2D eigenvalue weighted by molar-refractivity contribution is 6.30. The van der Waals surface area contributed by atoms with Gasteiger partial charge in [0.1, 0.15) is 7.85 Å². The summed E-state index contributed by atoms with van der Waals surface area (Å²) in [7, 11) is 5.17. The molecule has 2 radical (unpaired) electrons. The Balaban J connectivity index is 3.34. The van der Waals surface area contributed by atoms with Crippen LogP contribution in [0.15, 0.2) is 11.0 Å². The number of hydrogen-bond donors (Lipinski definition) is 2. The molecule has 0 aliphatic carbocycles. The van der Waals surface area contributed by atoms with Gasteiger partial charge in [0.2, 0.25) is 0 Å². The minimum atomic E-state index is -0.413. The lowest BCUT2D eigenvalue weighted by molar-refractivity contribution is 1.18. The van der Waals surface area contributed by atoms with Gasteiger partial charge in [-0.3, -0.25) is 4.79 Å². The van der Waals surface area contributed by atoms with Crippen molar-refractivity contribution in [3.05, 3.63) is 16.6 Å². The van der Waals surface area contributed by atoms with Crippen LogP contribution in [0.1, 0.15) is 0 Å². The van der Waals surface area contributed by atoms with Crippen molar-refractivity contribution in [3.63, 3.8) is 0 Å². The zero-order chi connectivity index (χ0) is 6.85. The van der Waals surface area contributed by atoms with Gasteiger partial charge in [-0.05, 0) is 0 Å². The number of H-pyrrole nitrogens is 1. The summed E-state index contributed by atoms with van der Waals surface area (Å²) in [5.74, 6) is -0.102. The number of nitrogens with two attached hydrogens (primary N) is 1. The van der Waals surface area contributed by atoms with E-state index in [0.717, 1.165) is 0 Å². The van der Waals surface area contributed by atoms with E-state index < -0.39 is 5.56 Å². The van der Waals surface area contributed by atoms with Crippen molar-refractivity contribution in [2.45, 2.75) is 0 Å². The van der Waals surface area contributed by atoms with Gasteiger partial charge in [-0.15, -0.1) is 0 Å². The quantitative estimate of drug-likeness (QED) is 0.395. The molecule has 0 saturated heterocycles. The SMILES string of the molecule is [B]c1c[nH]c(=O)c(N)n1. The van der Waals surface area contributed by atoms with E-state index in [4.69, 9.17) is 13.6 Å². The molecule has 44 valence electrons. The smallest absolute Gasteiger partial charge is 0.290 e. The molecule has 0 aromatic carbocycles. The average Bonchev–Trinajstić information content (AvgIpc) is 1.80. The molecule has 1 aromatic heterocycles. The molecule has 1 rings (SSSR count). The summed E-state index contributed by atoms with van der Waals surface area (Å²) in [6, 6.07) is 0. The third-order valence-electron chi connectivity index (χ3n) is 0.833. The predicted molar refractivity (Wildman–Crippen MR) is 34.7 cm³/mol. The number of nitrogens with one attached hydrogen (secondary N) is 1. The van der Waals surface area contributed by atoms with E-state index in [1.54, 1.807) is 0 Å². The fourth-order valence-electron chi connectivity index (χ4n) is 0.436. The maximum absolute atomic E-state index is 10.5. The molecule has 0 atom stereocenters. The second-order valence-electron chi connectivity index (χ2n) is 1.54. The topological polar surface area (TPSA) is 71.8 Å². The maximum Gasteiger partial charge on any atom is 0.290 e. The van der Waals surface area contributed by atoms with Crippen LogP contribution in [0.2, 0.25) is 0 Å². The summed E-state index contributed by atoms with van der Waals surface area (Å²) in [5.41, 5.74) is 4.89. The van der Waals surface area contributed by atoms with Crippen molar-refractivity contribution in [1.82, 2.24) is 9.97 Å². The summed E-state index contributed by atoms with van der Waals surface area (Å²) in [5, 5.41) is 0. The normalized spacial score (nSPS) is 9.33. The van der Waals surface area contributed by atoms with Gasteiger partial charge in [-0.25, -0.2) is 4.98 Å². The van der Waals surface area contributed by atoms with Gasteiger partial charge in [0.15, 0.2) is 5.82 Å². The Morgan fingerprint density at radius 2 is 2.44 bits per heavy atom. The van der Waals surface area contributed by atoms with Crippen molar-refractivity contribution >= 4 is 19.3 Å². The Labute approximate surface area is 52.5 Å². The first kappa shape index (κ1) is 5.87.